The first-order chi connectivity index (χ1) is 12.5. The van der Waals surface area contributed by atoms with Crippen molar-refractivity contribution < 1.29 is 4.39 Å². The Bertz CT molecular complexity index is 946. The van der Waals surface area contributed by atoms with E-state index in [-0.39, 0.29) is 5.02 Å². The number of hydrogen-bond acceptors (Lipinski definition) is 4. The summed E-state index contributed by atoms with van der Waals surface area (Å²) in [5.41, 5.74) is 3.07. The van der Waals surface area contributed by atoms with Crippen LogP contribution in [0.2, 0.25) is 5.02 Å². The third-order valence-electron chi connectivity index (χ3n) is 5.61. The summed E-state index contributed by atoms with van der Waals surface area (Å²) in [6, 6.07) is 4.56. The van der Waals surface area contributed by atoms with Crippen molar-refractivity contribution >= 4 is 28.6 Å². The van der Waals surface area contributed by atoms with Crippen molar-refractivity contribution in [2.45, 2.75) is 33.1 Å². The van der Waals surface area contributed by atoms with Gasteiger partial charge in [-0.1, -0.05) is 31.9 Å². The Kier molecular flexibility index (Phi) is 4.31. The Morgan fingerprint density at radius 1 is 1.31 bits per heavy atom. The highest BCUT2D eigenvalue weighted by Gasteiger charge is 2.29. The van der Waals surface area contributed by atoms with Crippen LogP contribution < -0.4 is 4.90 Å². The zero-order valence-electron chi connectivity index (χ0n) is 14.9. The molecule has 3 heterocycles. The van der Waals surface area contributed by atoms with E-state index in [4.69, 9.17) is 11.6 Å². The molecule has 0 saturated carbocycles. The highest BCUT2D eigenvalue weighted by molar-refractivity contribution is 6.31. The van der Waals surface area contributed by atoms with Crippen molar-refractivity contribution in [3.05, 3.63) is 35.2 Å². The lowest BCUT2D eigenvalue weighted by atomic mass is 9.78. The van der Waals surface area contributed by atoms with Gasteiger partial charge in [0.15, 0.2) is 0 Å². The summed E-state index contributed by atoms with van der Waals surface area (Å²) in [7, 11) is 0. The molecular weight excluding hydrogens is 353 g/mol. The van der Waals surface area contributed by atoms with Crippen LogP contribution in [0.25, 0.3) is 22.4 Å². The fourth-order valence-electron chi connectivity index (χ4n) is 3.42. The largest absolute Gasteiger partial charge is 0.355 e. The number of rotatable bonds is 3. The highest BCUT2D eigenvalue weighted by atomic mass is 35.5. The number of piperidine rings is 1. The number of nitrogens with one attached hydrogen (secondary N) is 1. The van der Waals surface area contributed by atoms with E-state index >= 15 is 0 Å². The standard InChI is InChI=1S/C19H21ClFN5/c1-3-19(2)6-8-26(9-7-19)15-11-22-17-16(24-25-18(17)23-15)12-4-5-14(21)13(20)10-12/h4-5,10-11H,3,6-9H2,1-2H3,(H,23,24,25). The first kappa shape index (κ1) is 17.2. The number of anilines is 1. The van der Waals surface area contributed by atoms with Gasteiger partial charge in [0.05, 0.1) is 16.9 Å². The van der Waals surface area contributed by atoms with Crippen LogP contribution in [0.3, 0.4) is 0 Å². The average Bonchev–Trinajstić information content (AvgIpc) is 3.08. The van der Waals surface area contributed by atoms with Crippen LogP contribution in [-0.2, 0) is 0 Å². The Balaban J connectivity index is 1.63. The summed E-state index contributed by atoms with van der Waals surface area (Å²) < 4.78 is 13.4. The van der Waals surface area contributed by atoms with Crippen molar-refractivity contribution in [3.8, 4) is 11.3 Å². The summed E-state index contributed by atoms with van der Waals surface area (Å²) in [6.45, 7) is 6.58. The van der Waals surface area contributed by atoms with E-state index < -0.39 is 5.82 Å². The molecule has 4 rings (SSSR count). The van der Waals surface area contributed by atoms with Gasteiger partial charge in [0.2, 0.25) is 5.65 Å². The lowest BCUT2D eigenvalue weighted by molar-refractivity contribution is 0.238. The molecule has 0 unspecified atom stereocenters. The number of halogens is 2. The molecule has 2 aromatic heterocycles. The van der Waals surface area contributed by atoms with Gasteiger partial charge < -0.3 is 4.90 Å². The zero-order valence-corrected chi connectivity index (χ0v) is 15.6. The molecule has 136 valence electrons. The lowest BCUT2D eigenvalue weighted by Gasteiger charge is -2.39. The molecule has 1 saturated heterocycles. The summed E-state index contributed by atoms with van der Waals surface area (Å²) in [5, 5.41) is 7.31. The zero-order chi connectivity index (χ0) is 18.3. The van der Waals surface area contributed by atoms with E-state index in [0.29, 0.717) is 22.3 Å². The number of benzene rings is 1. The van der Waals surface area contributed by atoms with Gasteiger partial charge in [-0.3, -0.25) is 5.10 Å². The molecule has 5 nitrogen and oxygen atoms in total. The molecule has 0 amide bonds. The van der Waals surface area contributed by atoms with Crippen LogP contribution in [0.4, 0.5) is 10.2 Å². The van der Waals surface area contributed by atoms with Gasteiger partial charge in [-0.15, -0.1) is 0 Å². The van der Waals surface area contributed by atoms with Gasteiger partial charge in [-0.05, 0) is 36.5 Å². The number of fused-ring (bicyclic) bond motifs is 1. The van der Waals surface area contributed by atoms with E-state index in [0.717, 1.165) is 37.3 Å². The molecule has 0 atom stereocenters. The summed E-state index contributed by atoms with van der Waals surface area (Å²) in [4.78, 5) is 11.5. The van der Waals surface area contributed by atoms with E-state index in [1.807, 2.05) is 0 Å². The van der Waals surface area contributed by atoms with Gasteiger partial charge >= 0.3 is 0 Å². The van der Waals surface area contributed by atoms with Gasteiger partial charge in [-0.25, -0.2) is 14.4 Å². The molecule has 1 aromatic carbocycles. The number of aromatic amines is 1. The minimum absolute atomic E-state index is 0.0714. The molecule has 1 aliphatic rings. The van der Waals surface area contributed by atoms with Gasteiger partial charge in [0, 0.05) is 18.7 Å². The molecule has 1 N–H and O–H groups in total. The molecule has 0 bridgehead atoms. The topological polar surface area (TPSA) is 57.7 Å². The second kappa shape index (κ2) is 6.50. The average molecular weight is 374 g/mol. The number of hydrogen-bond donors (Lipinski definition) is 1. The third-order valence-corrected chi connectivity index (χ3v) is 5.90. The van der Waals surface area contributed by atoms with Crippen molar-refractivity contribution in [2.75, 3.05) is 18.0 Å². The molecule has 3 aromatic rings. The van der Waals surface area contributed by atoms with Crippen LogP contribution in [0.15, 0.2) is 24.4 Å². The van der Waals surface area contributed by atoms with Gasteiger partial charge in [0.1, 0.15) is 17.2 Å². The van der Waals surface area contributed by atoms with Gasteiger partial charge in [0.25, 0.3) is 0 Å². The van der Waals surface area contributed by atoms with Crippen molar-refractivity contribution in [3.63, 3.8) is 0 Å². The van der Waals surface area contributed by atoms with E-state index in [1.165, 1.54) is 12.5 Å². The minimum Gasteiger partial charge on any atom is -0.355 e. The monoisotopic (exact) mass is 373 g/mol. The Labute approximate surface area is 156 Å². The van der Waals surface area contributed by atoms with Crippen LogP contribution in [0.5, 0.6) is 0 Å². The maximum atomic E-state index is 13.4. The molecule has 0 radical (unpaired) electrons. The summed E-state index contributed by atoms with van der Waals surface area (Å²) >= 11 is 5.89. The van der Waals surface area contributed by atoms with E-state index in [2.05, 4.69) is 38.9 Å². The Hall–Kier alpha value is -2.21. The maximum absolute atomic E-state index is 13.4. The summed E-state index contributed by atoms with van der Waals surface area (Å²) in [6.07, 6.45) is 5.31. The van der Waals surface area contributed by atoms with Crippen LogP contribution >= 0.6 is 11.6 Å². The first-order valence-corrected chi connectivity index (χ1v) is 9.28. The molecule has 26 heavy (non-hydrogen) atoms. The number of aromatic nitrogens is 4. The minimum atomic E-state index is -0.447. The second-order valence-electron chi connectivity index (χ2n) is 7.28. The van der Waals surface area contributed by atoms with E-state index in [1.54, 1.807) is 18.3 Å². The van der Waals surface area contributed by atoms with Crippen LogP contribution in [0, 0.1) is 11.2 Å². The normalized spacial score (nSPS) is 17.0. The molecule has 1 aliphatic heterocycles. The SMILES string of the molecule is CCC1(C)CCN(c2cnc3c(-c4ccc(F)c(Cl)c4)[nH]nc3n2)CC1. The fourth-order valence-corrected chi connectivity index (χ4v) is 3.60. The molecular formula is C19H21ClFN5. The maximum Gasteiger partial charge on any atom is 0.202 e. The van der Waals surface area contributed by atoms with Crippen LogP contribution in [0.1, 0.15) is 33.1 Å². The predicted octanol–water partition coefficient (Wildman–Crippen LogP) is 4.83. The first-order valence-electron chi connectivity index (χ1n) is 8.90. The predicted molar refractivity (Wildman–Crippen MR) is 102 cm³/mol. The fraction of sp³-hybridized carbons (Fsp3) is 0.421. The second-order valence-corrected chi connectivity index (χ2v) is 7.69. The molecule has 7 heteroatoms. The van der Waals surface area contributed by atoms with Crippen molar-refractivity contribution in [1.82, 2.24) is 20.2 Å². The third kappa shape index (κ3) is 3.03. The van der Waals surface area contributed by atoms with E-state index in [9.17, 15) is 4.39 Å². The molecule has 1 fully saturated rings. The van der Waals surface area contributed by atoms with Crippen LogP contribution in [-0.4, -0.2) is 33.3 Å². The smallest absolute Gasteiger partial charge is 0.202 e. The number of H-pyrrole nitrogens is 1. The molecule has 0 spiro atoms. The number of nitrogens with zero attached hydrogens (tertiary/aromatic N) is 4. The Morgan fingerprint density at radius 2 is 2.08 bits per heavy atom. The highest BCUT2D eigenvalue weighted by Crippen LogP contribution is 2.35. The lowest BCUT2D eigenvalue weighted by Crippen LogP contribution is -2.38. The quantitative estimate of drug-likeness (QED) is 0.714. The van der Waals surface area contributed by atoms with Crippen molar-refractivity contribution in [2.24, 2.45) is 5.41 Å². The van der Waals surface area contributed by atoms with Gasteiger partial charge in [-0.2, -0.15) is 5.10 Å². The summed E-state index contributed by atoms with van der Waals surface area (Å²) in [5.74, 6) is 0.405. The Morgan fingerprint density at radius 3 is 2.77 bits per heavy atom. The molecule has 0 aliphatic carbocycles. The van der Waals surface area contributed by atoms with Crippen molar-refractivity contribution in [1.29, 1.82) is 0 Å².